The molecule has 0 saturated heterocycles. The molecule has 4 rings (SSSR count). The highest BCUT2D eigenvalue weighted by atomic mass is 16.5. The fourth-order valence-electron chi connectivity index (χ4n) is 2.94. The molecule has 5 nitrogen and oxygen atoms in total. The highest BCUT2D eigenvalue weighted by molar-refractivity contribution is 5.85. The van der Waals surface area contributed by atoms with Crippen molar-refractivity contribution in [3.05, 3.63) is 54.6 Å². The molecule has 2 heterocycles. The van der Waals surface area contributed by atoms with Gasteiger partial charge in [0.05, 0.1) is 11.0 Å². The van der Waals surface area contributed by atoms with E-state index in [1.54, 1.807) is 0 Å². The molecule has 0 amide bonds. The van der Waals surface area contributed by atoms with Gasteiger partial charge in [-0.1, -0.05) is 30.3 Å². The molecule has 0 aliphatic carbocycles. The van der Waals surface area contributed by atoms with Gasteiger partial charge in [0.1, 0.15) is 0 Å². The molecular weight excluding hydrogens is 288 g/mol. The Bertz CT molecular complexity index is 837. The van der Waals surface area contributed by atoms with Crippen LogP contribution in [0.25, 0.3) is 11.0 Å². The van der Waals surface area contributed by atoms with E-state index in [-0.39, 0.29) is 6.35 Å². The summed E-state index contributed by atoms with van der Waals surface area (Å²) in [6.07, 6.45) is -0.241. The number of hydrogen-bond acceptors (Lipinski definition) is 5. The summed E-state index contributed by atoms with van der Waals surface area (Å²) in [6, 6.07) is 18.1. The van der Waals surface area contributed by atoms with Crippen LogP contribution in [-0.2, 0) is 4.74 Å². The minimum absolute atomic E-state index is 0.241. The highest BCUT2D eigenvalue weighted by Gasteiger charge is 2.38. The molecule has 1 aliphatic rings. The first-order chi connectivity index (χ1) is 11.3. The van der Waals surface area contributed by atoms with Gasteiger partial charge in [0.15, 0.2) is 11.6 Å². The summed E-state index contributed by atoms with van der Waals surface area (Å²) in [5, 5.41) is 0. The Hall–Kier alpha value is -2.66. The Morgan fingerprint density at radius 1 is 0.913 bits per heavy atom. The van der Waals surface area contributed by atoms with Gasteiger partial charge >= 0.3 is 0 Å². The van der Waals surface area contributed by atoms with E-state index in [4.69, 9.17) is 14.7 Å². The monoisotopic (exact) mass is 306 g/mol. The molecule has 2 aromatic carbocycles. The van der Waals surface area contributed by atoms with Crippen LogP contribution in [0.3, 0.4) is 0 Å². The third-order valence-electron chi connectivity index (χ3n) is 4.00. The molecule has 0 spiro atoms. The standard InChI is InChI=1S/C18H18N4O/c1-3-23-18-21(2)16-17(22(18)13-9-5-4-6-10-13)20-15-12-8-7-11-14(15)19-16/h4-12,18H,3H2,1-2H3. The summed E-state index contributed by atoms with van der Waals surface area (Å²) < 4.78 is 5.96. The van der Waals surface area contributed by atoms with Gasteiger partial charge in [-0.2, -0.15) is 0 Å². The van der Waals surface area contributed by atoms with Crippen LogP contribution in [0.5, 0.6) is 0 Å². The molecule has 1 aromatic heterocycles. The molecule has 5 heteroatoms. The average molecular weight is 306 g/mol. The number of ether oxygens (including phenoxy) is 1. The zero-order valence-electron chi connectivity index (χ0n) is 13.2. The van der Waals surface area contributed by atoms with E-state index in [0.29, 0.717) is 6.61 Å². The SMILES string of the molecule is CCOC1N(C)c2nc3ccccc3nc2N1c1ccccc1. The van der Waals surface area contributed by atoms with Crippen molar-refractivity contribution >= 4 is 28.4 Å². The van der Waals surface area contributed by atoms with Gasteiger partial charge < -0.3 is 9.64 Å². The summed E-state index contributed by atoms with van der Waals surface area (Å²) in [5.74, 6) is 1.67. The van der Waals surface area contributed by atoms with Crippen LogP contribution >= 0.6 is 0 Å². The molecule has 0 saturated carbocycles. The normalized spacial score (nSPS) is 16.9. The third-order valence-corrected chi connectivity index (χ3v) is 4.00. The lowest BCUT2D eigenvalue weighted by Crippen LogP contribution is -2.41. The predicted octanol–water partition coefficient (Wildman–Crippen LogP) is 3.54. The van der Waals surface area contributed by atoms with Crippen LogP contribution in [0.1, 0.15) is 6.92 Å². The summed E-state index contributed by atoms with van der Waals surface area (Å²) in [6.45, 7) is 2.61. The second kappa shape index (κ2) is 5.52. The first kappa shape index (κ1) is 14.0. The van der Waals surface area contributed by atoms with Crippen LogP contribution < -0.4 is 9.80 Å². The predicted molar refractivity (Wildman–Crippen MR) is 91.9 cm³/mol. The molecule has 1 unspecified atom stereocenters. The van der Waals surface area contributed by atoms with Crippen molar-refractivity contribution in [3.8, 4) is 0 Å². The number of benzene rings is 2. The van der Waals surface area contributed by atoms with Gasteiger partial charge in [-0.15, -0.1) is 0 Å². The Kier molecular flexibility index (Phi) is 3.35. The number of nitrogens with zero attached hydrogens (tertiary/aromatic N) is 4. The maximum absolute atomic E-state index is 5.96. The molecule has 0 fully saturated rings. The number of anilines is 3. The van der Waals surface area contributed by atoms with Crippen molar-refractivity contribution in [1.29, 1.82) is 0 Å². The van der Waals surface area contributed by atoms with E-state index in [0.717, 1.165) is 28.4 Å². The van der Waals surface area contributed by atoms with Gasteiger partial charge in [0.25, 0.3) is 0 Å². The largest absolute Gasteiger partial charge is 0.340 e. The molecule has 0 N–H and O–H groups in total. The van der Waals surface area contributed by atoms with Crippen LogP contribution in [-0.4, -0.2) is 30.0 Å². The lowest BCUT2D eigenvalue weighted by Gasteiger charge is -2.29. The molecule has 116 valence electrons. The quantitative estimate of drug-likeness (QED) is 0.740. The lowest BCUT2D eigenvalue weighted by atomic mass is 10.3. The summed E-state index contributed by atoms with van der Waals surface area (Å²) in [4.78, 5) is 13.8. The Morgan fingerprint density at radius 2 is 1.52 bits per heavy atom. The molecule has 23 heavy (non-hydrogen) atoms. The van der Waals surface area contributed by atoms with Crippen molar-refractivity contribution in [1.82, 2.24) is 9.97 Å². The molecule has 0 bridgehead atoms. The minimum atomic E-state index is -0.241. The Morgan fingerprint density at radius 3 is 2.17 bits per heavy atom. The first-order valence-electron chi connectivity index (χ1n) is 7.75. The van der Waals surface area contributed by atoms with E-state index < -0.39 is 0 Å². The molecule has 0 radical (unpaired) electrons. The van der Waals surface area contributed by atoms with Gasteiger partial charge in [-0.3, -0.25) is 4.90 Å². The lowest BCUT2D eigenvalue weighted by molar-refractivity contribution is 0.0730. The fraction of sp³-hybridized carbons (Fsp3) is 0.222. The van der Waals surface area contributed by atoms with Gasteiger partial charge in [0.2, 0.25) is 6.35 Å². The Balaban J connectivity index is 1.92. The molecular formula is C18H18N4O. The number of hydrogen-bond donors (Lipinski definition) is 0. The second-order valence-corrected chi connectivity index (χ2v) is 5.46. The summed E-state index contributed by atoms with van der Waals surface area (Å²) >= 11 is 0. The summed E-state index contributed by atoms with van der Waals surface area (Å²) in [5.41, 5.74) is 2.82. The third kappa shape index (κ3) is 2.21. The van der Waals surface area contributed by atoms with Gasteiger partial charge in [-0.25, -0.2) is 9.97 Å². The zero-order chi connectivity index (χ0) is 15.8. The maximum atomic E-state index is 5.96. The van der Waals surface area contributed by atoms with Gasteiger partial charge in [0, 0.05) is 19.3 Å². The fourth-order valence-corrected chi connectivity index (χ4v) is 2.94. The number of para-hydroxylation sites is 3. The molecule has 3 aromatic rings. The molecule has 1 aliphatic heterocycles. The van der Waals surface area contributed by atoms with E-state index in [2.05, 4.69) is 17.0 Å². The van der Waals surface area contributed by atoms with Crippen molar-refractivity contribution in [2.45, 2.75) is 13.3 Å². The van der Waals surface area contributed by atoms with E-state index in [1.165, 1.54) is 0 Å². The zero-order valence-corrected chi connectivity index (χ0v) is 13.2. The Labute approximate surface area is 135 Å². The highest BCUT2D eigenvalue weighted by Crippen LogP contribution is 2.41. The number of aromatic nitrogens is 2. The van der Waals surface area contributed by atoms with E-state index in [9.17, 15) is 0 Å². The van der Waals surface area contributed by atoms with E-state index >= 15 is 0 Å². The number of fused-ring (bicyclic) bond motifs is 2. The second-order valence-electron chi connectivity index (χ2n) is 5.46. The van der Waals surface area contributed by atoms with Crippen molar-refractivity contribution in [2.75, 3.05) is 23.5 Å². The molecule has 1 atom stereocenters. The van der Waals surface area contributed by atoms with E-state index in [1.807, 2.05) is 61.3 Å². The van der Waals surface area contributed by atoms with Gasteiger partial charge in [-0.05, 0) is 31.2 Å². The van der Waals surface area contributed by atoms with Crippen LogP contribution in [0.4, 0.5) is 17.3 Å². The topological polar surface area (TPSA) is 41.5 Å². The smallest absolute Gasteiger partial charge is 0.216 e. The van der Waals surface area contributed by atoms with Crippen LogP contribution in [0, 0.1) is 0 Å². The minimum Gasteiger partial charge on any atom is -0.340 e. The van der Waals surface area contributed by atoms with Crippen LogP contribution in [0.2, 0.25) is 0 Å². The maximum Gasteiger partial charge on any atom is 0.216 e. The first-order valence-corrected chi connectivity index (χ1v) is 7.75. The summed E-state index contributed by atoms with van der Waals surface area (Å²) in [7, 11) is 1.99. The van der Waals surface area contributed by atoms with Crippen molar-refractivity contribution in [2.24, 2.45) is 0 Å². The van der Waals surface area contributed by atoms with Crippen molar-refractivity contribution in [3.63, 3.8) is 0 Å². The van der Waals surface area contributed by atoms with Crippen molar-refractivity contribution < 1.29 is 4.74 Å². The number of rotatable bonds is 3. The average Bonchev–Trinajstić information content (AvgIpc) is 2.86. The van der Waals surface area contributed by atoms with Crippen LogP contribution in [0.15, 0.2) is 54.6 Å².